The van der Waals surface area contributed by atoms with Crippen LogP contribution in [0.1, 0.15) is 22.3 Å². The molecule has 0 N–H and O–H groups in total. The van der Waals surface area contributed by atoms with Crippen LogP contribution in [0.5, 0.6) is 0 Å². The molecular weight excluding hydrogens is 195 g/mol. The number of esters is 1. The maximum atomic E-state index is 12.7. The molecule has 0 amide bonds. The molecule has 0 spiro atoms. The van der Waals surface area contributed by atoms with E-state index in [4.69, 9.17) is 4.74 Å². The minimum absolute atomic E-state index is 0.302. The molecule has 1 aliphatic carbocycles. The summed E-state index contributed by atoms with van der Waals surface area (Å²) in [5, 5.41) is 0. The van der Waals surface area contributed by atoms with Crippen molar-refractivity contribution in [2.45, 2.75) is 12.8 Å². The van der Waals surface area contributed by atoms with Crippen molar-refractivity contribution in [1.29, 1.82) is 0 Å². The number of benzene rings is 1. The second-order valence-corrected chi connectivity index (χ2v) is 3.39. The van der Waals surface area contributed by atoms with Gasteiger partial charge in [-0.3, -0.25) is 0 Å². The van der Waals surface area contributed by atoms with Crippen LogP contribution in [-0.2, 0) is 11.2 Å². The molecule has 0 aromatic heterocycles. The number of fused-ring (bicyclic) bond motifs is 1. The number of hydrogen-bond donors (Lipinski definition) is 0. The van der Waals surface area contributed by atoms with Crippen molar-refractivity contribution < 1.29 is 13.9 Å². The number of allylic oxidation sites excluding steroid dienone is 2. The summed E-state index contributed by atoms with van der Waals surface area (Å²) in [5.74, 6) is -0.653. The van der Waals surface area contributed by atoms with Gasteiger partial charge in [-0.1, -0.05) is 12.2 Å². The van der Waals surface area contributed by atoms with E-state index in [1.807, 2.05) is 0 Å². The molecule has 1 aliphatic heterocycles. The van der Waals surface area contributed by atoms with Crippen LogP contribution in [0.25, 0.3) is 0 Å². The van der Waals surface area contributed by atoms with E-state index in [2.05, 4.69) is 12.2 Å². The minimum atomic E-state index is -0.351. The highest BCUT2D eigenvalue weighted by molar-refractivity contribution is 5.91. The van der Waals surface area contributed by atoms with Gasteiger partial charge >= 0.3 is 5.97 Å². The van der Waals surface area contributed by atoms with Crippen molar-refractivity contribution in [2.75, 3.05) is 6.61 Å². The molecule has 3 rings (SSSR count). The van der Waals surface area contributed by atoms with E-state index in [9.17, 15) is 9.18 Å². The van der Waals surface area contributed by atoms with Crippen LogP contribution in [0.15, 0.2) is 30.4 Å². The summed E-state index contributed by atoms with van der Waals surface area (Å²) >= 11 is 0. The zero-order valence-corrected chi connectivity index (χ0v) is 8.20. The van der Waals surface area contributed by atoms with Crippen molar-refractivity contribution in [1.82, 2.24) is 0 Å². The first-order chi connectivity index (χ1) is 7.27. The monoisotopic (exact) mass is 206 g/mol. The molecule has 0 atom stereocenters. The molecule has 2 aliphatic rings. The molecule has 2 nitrogen and oxygen atoms in total. The summed E-state index contributed by atoms with van der Waals surface area (Å²) < 4.78 is 17.5. The van der Waals surface area contributed by atoms with E-state index in [1.54, 1.807) is 0 Å². The van der Waals surface area contributed by atoms with Gasteiger partial charge in [0.05, 0.1) is 12.2 Å². The number of hydrogen-bond acceptors (Lipinski definition) is 2. The van der Waals surface area contributed by atoms with Crippen molar-refractivity contribution in [2.24, 2.45) is 0 Å². The van der Waals surface area contributed by atoms with Crippen molar-refractivity contribution in [3.05, 3.63) is 47.3 Å². The van der Waals surface area contributed by atoms with Gasteiger partial charge in [0.1, 0.15) is 5.82 Å². The lowest BCUT2D eigenvalue weighted by molar-refractivity contribution is 0.0480. The summed E-state index contributed by atoms with van der Waals surface area (Å²) in [6.45, 7) is 0.356. The van der Waals surface area contributed by atoms with Crippen LogP contribution in [0, 0.1) is 5.82 Å². The van der Waals surface area contributed by atoms with Gasteiger partial charge in [0.2, 0.25) is 0 Å². The predicted molar refractivity (Wildman–Crippen MR) is 54.1 cm³/mol. The number of rotatable bonds is 0. The number of carbonyl (C=O) groups is 1. The van der Waals surface area contributed by atoms with Crippen LogP contribution >= 0.6 is 0 Å². The minimum Gasteiger partial charge on any atom is -0.462 e. The molecule has 78 valence electrons. The largest absolute Gasteiger partial charge is 0.462 e. The Morgan fingerprint density at radius 1 is 1.27 bits per heavy atom. The number of carbonyl (C=O) groups excluding carboxylic acids is 1. The molecule has 1 aromatic carbocycles. The third-order valence-corrected chi connectivity index (χ3v) is 2.13. The number of ether oxygens (including phenoxy) is 1. The van der Waals surface area contributed by atoms with Crippen LogP contribution in [0.3, 0.4) is 0 Å². The maximum Gasteiger partial charge on any atom is 0.338 e. The predicted octanol–water partition coefficient (Wildman–Crippen LogP) is 2.48. The zero-order valence-electron chi connectivity index (χ0n) is 8.20. The Morgan fingerprint density at radius 2 is 2.00 bits per heavy atom. The third kappa shape index (κ3) is 2.65. The average Bonchev–Trinajstić information content (AvgIpc) is 3.04. The molecule has 0 unspecified atom stereocenters. The van der Waals surface area contributed by atoms with Crippen molar-refractivity contribution in [3.63, 3.8) is 0 Å². The van der Waals surface area contributed by atoms with E-state index in [1.165, 1.54) is 24.6 Å². The van der Waals surface area contributed by atoms with Crippen LogP contribution < -0.4 is 0 Å². The average molecular weight is 206 g/mol. The van der Waals surface area contributed by atoms with Gasteiger partial charge in [-0.25, -0.2) is 9.18 Å². The summed E-state index contributed by atoms with van der Waals surface area (Å²) in [7, 11) is 0. The molecular formula is C12H11FO2. The highest BCUT2D eigenvalue weighted by Crippen LogP contribution is 2.17. The molecule has 0 fully saturated rings. The van der Waals surface area contributed by atoms with Crippen LogP contribution in [-0.4, -0.2) is 12.6 Å². The smallest absolute Gasteiger partial charge is 0.338 e. The highest BCUT2D eigenvalue weighted by Gasteiger charge is 2.18. The highest BCUT2D eigenvalue weighted by atomic mass is 19.1. The standard InChI is InChI=1S/C9H7FO2.C3H4/c10-7-1-2-8-6(5-7)3-4-12-9(8)11;1-2-3-1/h1-2,5H,3-4H2;1-2H,3H2. The molecule has 0 saturated carbocycles. The lowest BCUT2D eigenvalue weighted by Crippen LogP contribution is -2.17. The Kier molecular flexibility index (Phi) is 2.81. The quantitative estimate of drug-likeness (QED) is 0.481. The van der Waals surface area contributed by atoms with Crippen molar-refractivity contribution >= 4 is 5.97 Å². The Bertz CT molecular complexity index is 406. The molecule has 15 heavy (non-hydrogen) atoms. The normalized spacial score (nSPS) is 15.9. The van der Waals surface area contributed by atoms with Crippen LogP contribution in [0.4, 0.5) is 4.39 Å². The SMILES string of the molecule is C1=CC1.O=C1OCCc2cc(F)ccc21. The van der Waals surface area contributed by atoms with Gasteiger partial charge in [0, 0.05) is 6.42 Å². The second-order valence-electron chi connectivity index (χ2n) is 3.39. The van der Waals surface area contributed by atoms with E-state index in [0.717, 1.165) is 5.56 Å². The summed E-state index contributed by atoms with van der Waals surface area (Å²) in [4.78, 5) is 11.1. The van der Waals surface area contributed by atoms with Gasteiger partial charge in [-0.2, -0.15) is 0 Å². The molecule has 1 aromatic rings. The van der Waals surface area contributed by atoms with Crippen molar-refractivity contribution in [3.8, 4) is 0 Å². The van der Waals surface area contributed by atoms with E-state index < -0.39 is 0 Å². The van der Waals surface area contributed by atoms with Crippen LogP contribution in [0.2, 0.25) is 0 Å². The summed E-state index contributed by atoms with van der Waals surface area (Å²) in [6.07, 6.45) is 6.11. The summed E-state index contributed by atoms with van der Waals surface area (Å²) in [6, 6.07) is 4.12. The first-order valence-corrected chi connectivity index (χ1v) is 4.88. The fourth-order valence-corrected chi connectivity index (χ4v) is 1.30. The first kappa shape index (κ1) is 9.90. The molecule has 0 bridgehead atoms. The number of cyclic esters (lactones) is 1. The topological polar surface area (TPSA) is 26.3 Å². The second kappa shape index (κ2) is 4.26. The zero-order chi connectivity index (χ0) is 10.7. The Balaban J connectivity index is 0.000000244. The van der Waals surface area contributed by atoms with E-state index >= 15 is 0 Å². The first-order valence-electron chi connectivity index (χ1n) is 4.88. The fraction of sp³-hybridized carbons (Fsp3) is 0.250. The fourth-order valence-electron chi connectivity index (χ4n) is 1.30. The molecule has 0 saturated heterocycles. The third-order valence-electron chi connectivity index (χ3n) is 2.13. The molecule has 1 heterocycles. The van der Waals surface area contributed by atoms with E-state index in [-0.39, 0.29) is 11.8 Å². The lowest BCUT2D eigenvalue weighted by atomic mass is 10.0. The molecule has 0 radical (unpaired) electrons. The van der Waals surface area contributed by atoms with Gasteiger partial charge in [-0.15, -0.1) is 0 Å². The molecule has 3 heteroatoms. The Hall–Kier alpha value is -1.64. The Morgan fingerprint density at radius 3 is 2.67 bits per heavy atom. The Labute approximate surface area is 87.4 Å². The maximum absolute atomic E-state index is 12.7. The van der Waals surface area contributed by atoms with Gasteiger partial charge in [-0.05, 0) is 30.2 Å². The van der Waals surface area contributed by atoms with E-state index in [0.29, 0.717) is 18.6 Å². The van der Waals surface area contributed by atoms with Gasteiger partial charge < -0.3 is 4.74 Å². The lowest BCUT2D eigenvalue weighted by Gasteiger charge is -2.14. The summed E-state index contributed by atoms with van der Waals surface area (Å²) in [5.41, 5.74) is 1.23. The number of halogens is 1. The van der Waals surface area contributed by atoms with Gasteiger partial charge in [0.15, 0.2) is 0 Å². The van der Waals surface area contributed by atoms with Gasteiger partial charge in [0.25, 0.3) is 0 Å².